The molecule has 0 spiro atoms. The lowest BCUT2D eigenvalue weighted by Gasteiger charge is -2.06. The van der Waals surface area contributed by atoms with Crippen molar-refractivity contribution in [2.75, 3.05) is 0 Å². The van der Waals surface area contributed by atoms with Gasteiger partial charge < -0.3 is 10.4 Å². The summed E-state index contributed by atoms with van der Waals surface area (Å²) >= 11 is 3.39. The Morgan fingerprint density at radius 2 is 1.75 bits per heavy atom. The first kappa shape index (κ1) is 14.8. The Hall–Kier alpha value is -1.65. The van der Waals surface area contributed by atoms with Gasteiger partial charge in [0.05, 0.1) is 13.0 Å². The monoisotopic (exact) mass is 333 g/mol. The summed E-state index contributed by atoms with van der Waals surface area (Å²) in [4.78, 5) is 11.9. The molecule has 2 N–H and O–H groups in total. The van der Waals surface area contributed by atoms with Gasteiger partial charge >= 0.3 is 0 Å². The number of nitrogens with one attached hydrogen (secondary N) is 1. The number of aliphatic hydroxyl groups excluding tert-OH is 1. The highest BCUT2D eigenvalue weighted by atomic mass is 79.9. The van der Waals surface area contributed by atoms with E-state index in [-0.39, 0.29) is 12.5 Å². The highest BCUT2D eigenvalue weighted by Crippen LogP contribution is 2.12. The SMILES string of the molecule is O=C(Cc1cccc(Br)c1)NCc1ccc(CO)cc1. The fourth-order valence-corrected chi connectivity index (χ4v) is 2.30. The molecule has 1 amide bonds. The molecule has 2 aromatic rings. The molecule has 2 rings (SSSR count). The minimum absolute atomic E-state index is 0.00525. The van der Waals surface area contributed by atoms with Crippen molar-refractivity contribution in [3.8, 4) is 0 Å². The minimum atomic E-state index is -0.00525. The molecule has 0 unspecified atom stereocenters. The van der Waals surface area contributed by atoms with Crippen molar-refractivity contribution in [3.05, 3.63) is 69.7 Å². The Morgan fingerprint density at radius 1 is 1.05 bits per heavy atom. The van der Waals surface area contributed by atoms with Crippen molar-refractivity contribution in [1.82, 2.24) is 5.32 Å². The number of carbonyl (C=O) groups excluding carboxylic acids is 1. The normalized spacial score (nSPS) is 10.3. The van der Waals surface area contributed by atoms with Gasteiger partial charge in [0.15, 0.2) is 0 Å². The van der Waals surface area contributed by atoms with Crippen LogP contribution in [-0.4, -0.2) is 11.0 Å². The van der Waals surface area contributed by atoms with Crippen molar-refractivity contribution in [2.45, 2.75) is 19.6 Å². The van der Waals surface area contributed by atoms with E-state index in [1.165, 1.54) is 0 Å². The molecule has 0 fully saturated rings. The number of rotatable bonds is 5. The molecule has 0 bridgehead atoms. The number of benzene rings is 2. The molecule has 104 valence electrons. The predicted octanol–water partition coefficient (Wildman–Crippen LogP) is 2.80. The molecule has 20 heavy (non-hydrogen) atoms. The van der Waals surface area contributed by atoms with Gasteiger partial charge in [0.2, 0.25) is 5.91 Å². The molecule has 2 aromatic carbocycles. The molecule has 0 saturated carbocycles. The second kappa shape index (κ2) is 7.22. The second-order valence-electron chi connectivity index (χ2n) is 4.56. The molecule has 3 nitrogen and oxygen atoms in total. The number of hydrogen-bond donors (Lipinski definition) is 2. The Labute approximate surface area is 126 Å². The first-order valence-corrected chi connectivity index (χ1v) is 7.16. The van der Waals surface area contributed by atoms with Crippen LogP contribution in [0.2, 0.25) is 0 Å². The average molecular weight is 334 g/mol. The van der Waals surface area contributed by atoms with E-state index >= 15 is 0 Å². The molecule has 0 aliphatic rings. The largest absolute Gasteiger partial charge is 0.392 e. The molecule has 0 saturated heterocycles. The highest BCUT2D eigenvalue weighted by molar-refractivity contribution is 9.10. The summed E-state index contributed by atoms with van der Waals surface area (Å²) in [5, 5.41) is 11.8. The maximum Gasteiger partial charge on any atom is 0.224 e. The summed E-state index contributed by atoms with van der Waals surface area (Å²) in [6, 6.07) is 15.3. The topological polar surface area (TPSA) is 49.3 Å². The van der Waals surface area contributed by atoms with Crippen LogP contribution >= 0.6 is 15.9 Å². The first-order valence-electron chi connectivity index (χ1n) is 6.37. The number of halogens is 1. The number of hydrogen-bond acceptors (Lipinski definition) is 2. The zero-order chi connectivity index (χ0) is 14.4. The van der Waals surface area contributed by atoms with Crippen LogP contribution in [0, 0.1) is 0 Å². The van der Waals surface area contributed by atoms with Gasteiger partial charge in [-0.05, 0) is 28.8 Å². The van der Waals surface area contributed by atoms with Crippen molar-refractivity contribution in [2.24, 2.45) is 0 Å². The predicted molar refractivity (Wildman–Crippen MR) is 82.1 cm³/mol. The zero-order valence-electron chi connectivity index (χ0n) is 11.0. The van der Waals surface area contributed by atoms with Crippen molar-refractivity contribution in [1.29, 1.82) is 0 Å². The van der Waals surface area contributed by atoms with E-state index < -0.39 is 0 Å². The molecule has 0 aliphatic carbocycles. The first-order chi connectivity index (χ1) is 9.67. The van der Waals surface area contributed by atoms with Gasteiger partial charge in [0.1, 0.15) is 0 Å². The molecule has 0 aliphatic heterocycles. The lowest BCUT2D eigenvalue weighted by molar-refractivity contribution is -0.120. The summed E-state index contributed by atoms with van der Waals surface area (Å²) in [6.45, 7) is 0.536. The second-order valence-corrected chi connectivity index (χ2v) is 5.47. The van der Waals surface area contributed by atoms with Crippen LogP contribution < -0.4 is 5.32 Å². The summed E-state index contributed by atoms with van der Waals surface area (Å²) in [5.74, 6) is -0.00525. The summed E-state index contributed by atoms with van der Waals surface area (Å²) < 4.78 is 0.974. The molecular weight excluding hydrogens is 318 g/mol. The fourth-order valence-electron chi connectivity index (χ4n) is 1.86. The molecule has 0 aromatic heterocycles. The maximum atomic E-state index is 11.9. The number of carbonyl (C=O) groups is 1. The number of amides is 1. The molecule has 4 heteroatoms. The molecular formula is C16H16BrNO2. The lowest BCUT2D eigenvalue weighted by Crippen LogP contribution is -2.24. The van der Waals surface area contributed by atoms with Gasteiger partial charge in [-0.25, -0.2) is 0 Å². The summed E-state index contributed by atoms with van der Waals surface area (Å²) in [5.41, 5.74) is 2.87. The zero-order valence-corrected chi connectivity index (χ0v) is 12.6. The van der Waals surface area contributed by atoms with Gasteiger partial charge in [0, 0.05) is 11.0 Å². The highest BCUT2D eigenvalue weighted by Gasteiger charge is 2.03. The Balaban J connectivity index is 1.85. The van der Waals surface area contributed by atoms with Crippen LogP contribution in [0.25, 0.3) is 0 Å². The Morgan fingerprint density at radius 3 is 2.40 bits per heavy atom. The minimum Gasteiger partial charge on any atom is -0.392 e. The third kappa shape index (κ3) is 4.47. The third-order valence-electron chi connectivity index (χ3n) is 2.95. The van der Waals surface area contributed by atoms with E-state index in [0.29, 0.717) is 13.0 Å². The quantitative estimate of drug-likeness (QED) is 0.883. The lowest BCUT2D eigenvalue weighted by atomic mass is 10.1. The van der Waals surface area contributed by atoms with Gasteiger partial charge in [-0.15, -0.1) is 0 Å². The van der Waals surface area contributed by atoms with Gasteiger partial charge in [0.25, 0.3) is 0 Å². The van der Waals surface area contributed by atoms with Crippen LogP contribution in [0.1, 0.15) is 16.7 Å². The average Bonchev–Trinajstić information content (AvgIpc) is 2.46. The van der Waals surface area contributed by atoms with Gasteiger partial charge in [-0.1, -0.05) is 52.3 Å². The van der Waals surface area contributed by atoms with E-state index in [1.54, 1.807) is 0 Å². The van der Waals surface area contributed by atoms with E-state index in [0.717, 1.165) is 21.2 Å². The van der Waals surface area contributed by atoms with Crippen LogP contribution in [0.3, 0.4) is 0 Å². The van der Waals surface area contributed by atoms with Crippen LogP contribution in [-0.2, 0) is 24.4 Å². The van der Waals surface area contributed by atoms with Crippen LogP contribution in [0.15, 0.2) is 53.0 Å². The standard InChI is InChI=1S/C16H16BrNO2/c17-15-3-1-2-14(8-15)9-16(20)18-10-12-4-6-13(11-19)7-5-12/h1-8,19H,9-11H2,(H,18,20). The van der Waals surface area contributed by atoms with Crippen LogP contribution in [0.4, 0.5) is 0 Å². The smallest absolute Gasteiger partial charge is 0.224 e. The van der Waals surface area contributed by atoms with E-state index in [1.807, 2.05) is 48.5 Å². The molecule has 0 atom stereocenters. The molecule has 0 heterocycles. The summed E-state index contributed by atoms with van der Waals surface area (Å²) in [6.07, 6.45) is 0.369. The maximum absolute atomic E-state index is 11.9. The van der Waals surface area contributed by atoms with E-state index in [4.69, 9.17) is 5.11 Å². The van der Waals surface area contributed by atoms with Gasteiger partial charge in [-0.2, -0.15) is 0 Å². The number of aliphatic hydroxyl groups is 1. The third-order valence-corrected chi connectivity index (χ3v) is 3.44. The Kier molecular flexibility index (Phi) is 5.32. The summed E-state index contributed by atoms with van der Waals surface area (Å²) in [7, 11) is 0. The van der Waals surface area contributed by atoms with Crippen LogP contribution in [0.5, 0.6) is 0 Å². The van der Waals surface area contributed by atoms with Gasteiger partial charge in [-0.3, -0.25) is 4.79 Å². The van der Waals surface area contributed by atoms with Crippen molar-refractivity contribution >= 4 is 21.8 Å². The fraction of sp³-hybridized carbons (Fsp3) is 0.188. The van der Waals surface area contributed by atoms with Crippen molar-refractivity contribution in [3.63, 3.8) is 0 Å². The van der Waals surface area contributed by atoms with Crippen molar-refractivity contribution < 1.29 is 9.90 Å². The molecule has 0 radical (unpaired) electrons. The van der Waals surface area contributed by atoms with E-state index in [9.17, 15) is 4.79 Å². The van der Waals surface area contributed by atoms with E-state index in [2.05, 4.69) is 21.2 Å². The Bertz CT molecular complexity index is 581.